The van der Waals surface area contributed by atoms with Gasteiger partial charge in [0.15, 0.2) is 0 Å². The molecule has 0 saturated carbocycles. The van der Waals surface area contributed by atoms with E-state index in [4.69, 9.17) is 14.5 Å². The van der Waals surface area contributed by atoms with Gasteiger partial charge < -0.3 is 20.1 Å². The maximum Gasteiger partial charge on any atom is 0.229 e. The van der Waals surface area contributed by atoms with Gasteiger partial charge in [0.1, 0.15) is 17.3 Å². The van der Waals surface area contributed by atoms with E-state index in [2.05, 4.69) is 71.9 Å². The average Bonchev–Trinajstić information content (AvgIpc) is 2.96. The first kappa shape index (κ1) is 25.8. The second-order valence-corrected chi connectivity index (χ2v) is 9.44. The third-order valence-electron chi connectivity index (χ3n) is 6.73. The molecule has 0 radical (unpaired) electrons. The van der Waals surface area contributed by atoms with Gasteiger partial charge in [-0.3, -0.25) is 0 Å². The number of ether oxygens (including phenoxy) is 2. The molecule has 0 atom stereocenters. The smallest absolute Gasteiger partial charge is 0.229 e. The number of rotatable bonds is 8. The molecular formula is C33H32N4O2. The Morgan fingerprint density at radius 3 is 1.56 bits per heavy atom. The first-order chi connectivity index (χ1) is 19.0. The highest BCUT2D eigenvalue weighted by Crippen LogP contribution is 2.37. The van der Waals surface area contributed by atoms with E-state index in [1.807, 2.05) is 49.4 Å². The van der Waals surface area contributed by atoms with Crippen LogP contribution >= 0.6 is 0 Å². The molecule has 0 unspecified atom stereocenters. The predicted octanol–water partition coefficient (Wildman–Crippen LogP) is 8.24. The Bertz CT molecular complexity index is 1600. The molecule has 6 heteroatoms. The average molecular weight is 517 g/mol. The molecule has 4 aromatic carbocycles. The maximum absolute atomic E-state index is 5.75. The summed E-state index contributed by atoms with van der Waals surface area (Å²) < 4.78 is 11.5. The van der Waals surface area contributed by atoms with E-state index in [9.17, 15) is 0 Å². The standard InChI is InChI=1S/C33H32N4O2/c1-21-16-28(30(38-4)18-26(21)24-12-8-6-9-13-24)35-32-23(3)20-34-33(37-32)36-29-17-22(2)27(19-31(29)39-5)25-14-10-7-11-15-25/h6-20H,1-5H3,(H2,34,35,36,37). The van der Waals surface area contributed by atoms with Gasteiger partial charge in [-0.05, 0) is 78.4 Å². The van der Waals surface area contributed by atoms with Crippen molar-refractivity contribution < 1.29 is 9.47 Å². The Hall–Kier alpha value is -4.84. The molecule has 1 aromatic heterocycles. The van der Waals surface area contributed by atoms with Crippen molar-refractivity contribution in [2.75, 3.05) is 24.9 Å². The van der Waals surface area contributed by atoms with Crippen molar-refractivity contribution in [1.82, 2.24) is 9.97 Å². The van der Waals surface area contributed by atoms with Crippen molar-refractivity contribution in [3.63, 3.8) is 0 Å². The van der Waals surface area contributed by atoms with Crippen LogP contribution in [0.2, 0.25) is 0 Å². The van der Waals surface area contributed by atoms with Crippen molar-refractivity contribution in [3.05, 3.63) is 108 Å². The van der Waals surface area contributed by atoms with E-state index in [0.717, 1.165) is 56.1 Å². The Kier molecular flexibility index (Phi) is 7.46. The molecule has 0 aliphatic carbocycles. The zero-order valence-electron chi connectivity index (χ0n) is 22.9. The molecule has 1 heterocycles. The van der Waals surface area contributed by atoms with Crippen LogP contribution in [0.1, 0.15) is 16.7 Å². The van der Waals surface area contributed by atoms with Gasteiger partial charge in [-0.1, -0.05) is 60.7 Å². The first-order valence-electron chi connectivity index (χ1n) is 12.8. The van der Waals surface area contributed by atoms with Gasteiger partial charge in [-0.15, -0.1) is 0 Å². The summed E-state index contributed by atoms with van der Waals surface area (Å²) >= 11 is 0. The molecule has 0 spiro atoms. The highest BCUT2D eigenvalue weighted by atomic mass is 16.5. The molecule has 5 rings (SSSR count). The summed E-state index contributed by atoms with van der Waals surface area (Å²) in [6.45, 7) is 6.16. The minimum atomic E-state index is 0.463. The number of hydrogen-bond donors (Lipinski definition) is 2. The van der Waals surface area contributed by atoms with Gasteiger partial charge in [-0.25, -0.2) is 4.98 Å². The molecule has 196 valence electrons. The fourth-order valence-electron chi connectivity index (χ4n) is 4.64. The Labute approximate surface area is 229 Å². The SMILES string of the molecule is COc1cc(-c2ccccc2)c(C)cc1Nc1ncc(C)c(Nc2cc(C)c(-c3ccccc3)cc2OC)n1. The lowest BCUT2D eigenvalue weighted by Crippen LogP contribution is -2.05. The van der Waals surface area contributed by atoms with Crippen LogP contribution in [0, 0.1) is 20.8 Å². The molecule has 5 aromatic rings. The monoisotopic (exact) mass is 516 g/mol. The van der Waals surface area contributed by atoms with Crippen LogP contribution in [0.4, 0.5) is 23.1 Å². The van der Waals surface area contributed by atoms with Crippen LogP contribution in [0.15, 0.2) is 91.1 Å². The third kappa shape index (κ3) is 5.55. The molecular weight excluding hydrogens is 484 g/mol. The highest BCUT2D eigenvalue weighted by molar-refractivity contribution is 5.78. The van der Waals surface area contributed by atoms with E-state index in [1.165, 1.54) is 0 Å². The zero-order chi connectivity index (χ0) is 27.4. The van der Waals surface area contributed by atoms with Crippen LogP contribution in [0.5, 0.6) is 11.5 Å². The molecule has 0 amide bonds. The number of aromatic nitrogens is 2. The van der Waals surface area contributed by atoms with Crippen LogP contribution < -0.4 is 20.1 Å². The summed E-state index contributed by atoms with van der Waals surface area (Å²) in [6.07, 6.45) is 1.80. The number of methoxy groups -OCH3 is 2. The molecule has 0 fully saturated rings. The number of anilines is 4. The molecule has 0 aliphatic heterocycles. The number of hydrogen-bond acceptors (Lipinski definition) is 6. The van der Waals surface area contributed by atoms with Gasteiger partial charge in [-0.2, -0.15) is 4.98 Å². The van der Waals surface area contributed by atoms with E-state index < -0.39 is 0 Å². The maximum atomic E-state index is 5.75. The normalized spacial score (nSPS) is 10.7. The Morgan fingerprint density at radius 2 is 1.08 bits per heavy atom. The minimum Gasteiger partial charge on any atom is -0.495 e. The van der Waals surface area contributed by atoms with Crippen LogP contribution in [0.3, 0.4) is 0 Å². The molecule has 39 heavy (non-hydrogen) atoms. The summed E-state index contributed by atoms with van der Waals surface area (Å²) in [4.78, 5) is 9.32. The van der Waals surface area contributed by atoms with E-state index in [-0.39, 0.29) is 0 Å². The van der Waals surface area contributed by atoms with Crippen LogP contribution in [0.25, 0.3) is 22.3 Å². The summed E-state index contributed by atoms with van der Waals surface area (Å²) in [5.74, 6) is 2.60. The first-order valence-corrected chi connectivity index (χ1v) is 12.8. The lowest BCUT2D eigenvalue weighted by atomic mass is 9.99. The number of nitrogens with one attached hydrogen (secondary N) is 2. The second-order valence-electron chi connectivity index (χ2n) is 9.44. The number of nitrogens with zero attached hydrogens (tertiary/aromatic N) is 2. The van der Waals surface area contributed by atoms with Crippen molar-refractivity contribution >= 4 is 23.1 Å². The van der Waals surface area contributed by atoms with Crippen LogP contribution in [-0.2, 0) is 0 Å². The summed E-state index contributed by atoms with van der Waals surface area (Å²) in [5, 5.41) is 6.81. The summed E-state index contributed by atoms with van der Waals surface area (Å²) in [5.41, 5.74) is 9.32. The Balaban J connectivity index is 1.44. The van der Waals surface area contributed by atoms with Gasteiger partial charge in [0, 0.05) is 11.8 Å². The van der Waals surface area contributed by atoms with Crippen molar-refractivity contribution in [2.24, 2.45) is 0 Å². The quantitative estimate of drug-likeness (QED) is 0.216. The third-order valence-corrected chi connectivity index (χ3v) is 6.73. The molecule has 0 bridgehead atoms. The van der Waals surface area contributed by atoms with Gasteiger partial charge in [0.2, 0.25) is 5.95 Å². The molecule has 0 saturated heterocycles. The minimum absolute atomic E-state index is 0.463. The van der Waals surface area contributed by atoms with Gasteiger partial charge in [0.05, 0.1) is 25.6 Å². The highest BCUT2D eigenvalue weighted by Gasteiger charge is 2.15. The summed E-state index contributed by atoms with van der Waals surface area (Å²) in [6, 6.07) is 28.8. The lowest BCUT2D eigenvalue weighted by molar-refractivity contribution is 0.417. The van der Waals surface area contributed by atoms with Gasteiger partial charge in [0.25, 0.3) is 0 Å². The molecule has 2 N–H and O–H groups in total. The van der Waals surface area contributed by atoms with Crippen LogP contribution in [-0.4, -0.2) is 24.2 Å². The summed E-state index contributed by atoms with van der Waals surface area (Å²) in [7, 11) is 3.35. The lowest BCUT2D eigenvalue weighted by Gasteiger charge is -2.17. The van der Waals surface area contributed by atoms with Crippen molar-refractivity contribution in [2.45, 2.75) is 20.8 Å². The van der Waals surface area contributed by atoms with Crippen molar-refractivity contribution in [1.29, 1.82) is 0 Å². The molecule has 0 aliphatic rings. The zero-order valence-corrected chi connectivity index (χ0v) is 22.9. The second kappa shape index (κ2) is 11.3. The topological polar surface area (TPSA) is 68.3 Å². The number of benzene rings is 4. The van der Waals surface area contributed by atoms with Gasteiger partial charge >= 0.3 is 0 Å². The number of aryl methyl sites for hydroxylation is 3. The molecule has 6 nitrogen and oxygen atoms in total. The van der Waals surface area contributed by atoms with E-state index in [0.29, 0.717) is 17.5 Å². The van der Waals surface area contributed by atoms with Crippen molar-refractivity contribution in [3.8, 4) is 33.8 Å². The van der Waals surface area contributed by atoms with E-state index >= 15 is 0 Å². The fraction of sp³-hybridized carbons (Fsp3) is 0.152. The Morgan fingerprint density at radius 1 is 0.590 bits per heavy atom. The predicted molar refractivity (Wildman–Crippen MR) is 160 cm³/mol. The largest absolute Gasteiger partial charge is 0.495 e. The van der Waals surface area contributed by atoms with E-state index in [1.54, 1.807) is 20.4 Å². The fourth-order valence-corrected chi connectivity index (χ4v) is 4.64.